The molecule has 0 atom stereocenters. The number of ether oxygens (including phenoxy) is 1. The van der Waals surface area contributed by atoms with Gasteiger partial charge in [-0.15, -0.1) is 0 Å². The standard InChI is InChI=1S/C13H14BrClN4O/c1-2-5-20-13-11(16)12(17-7-18-13)19-10-4-3-8(14)6-9(10)15/h3-4,6-7H,2,5,16H2,1H3,(H,17,18,19). The van der Waals surface area contributed by atoms with E-state index in [9.17, 15) is 0 Å². The van der Waals surface area contributed by atoms with Gasteiger partial charge in [-0.3, -0.25) is 0 Å². The lowest BCUT2D eigenvalue weighted by atomic mass is 10.3. The number of hydrogen-bond donors (Lipinski definition) is 2. The summed E-state index contributed by atoms with van der Waals surface area (Å²) in [6, 6.07) is 5.50. The molecule has 0 fully saturated rings. The third-order valence-electron chi connectivity index (χ3n) is 2.47. The molecule has 0 radical (unpaired) electrons. The highest BCUT2D eigenvalue weighted by Crippen LogP contribution is 2.32. The van der Waals surface area contributed by atoms with Crippen LogP contribution in [0.2, 0.25) is 5.02 Å². The van der Waals surface area contributed by atoms with Crippen LogP contribution in [0.15, 0.2) is 29.0 Å². The number of aromatic nitrogens is 2. The SMILES string of the molecule is CCCOc1ncnc(Nc2ccc(Br)cc2Cl)c1N. The second kappa shape index (κ2) is 6.76. The first-order valence-corrected chi connectivity index (χ1v) is 7.24. The Kier molecular flexibility index (Phi) is 5.03. The summed E-state index contributed by atoms with van der Waals surface area (Å²) in [5.74, 6) is 0.841. The molecule has 0 aliphatic heterocycles. The molecule has 1 aromatic carbocycles. The minimum absolute atomic E-state index is 0.361. The van der Waals surface area contributed by atoms with Gasteiger partial charge < -0.3 is 15.8 Å². The molecule has 7 heteroatoms. The molecular weight excluding hydrogens is 344 g/mol. The monoisotopic (exact) mass is 356 g/mol. The molecule has 0 amide bonds. The predicted molar refractivity (Wildman–Crippen MR) is 84.7 cm³/mol. The van der Waals surface area contributed by atoms with E-state index in [4.69, 9.17) is 22.1 Å². The van der Waals surface area contributed by atoms with E-state index in [0.717, 1.165) is 10.9 Å². The highest BCUT2D eigenvalue weighted by atomic mass is 79.9. The number of rotatable bonds is 5. The smallest absolute Gasteiger partial charge is 0.242 e. The van der Waals surface area contributed by atoms with Crippen molar-refractivity contribution in [1.29, 1.82) is 0 Å². The summed E-state index contributed by atoms with van der Waals surface area (Å²) in [6.07, 6.45) is 2.28. The molecule has 0 spiro atoms. The van der Waals surface area contributed by atoms with E-state index in [2.05, 4.69) is 31.2 Å². The van der Waals surface area contributed by atoms with Crippen molar-refractivity contribution < 1.29 is 4.74 Å². The van der Waals surface area contributed by atoms with Crippen LogP contribution in [-0.2, 0) is 0 Å². The van der Waals surface area contributed by atoms with E-state index in [1.165, 1.54) is 6.33 Å². The second-order valence-corrected chi connectivity index (χ2v) is 5.36. The van der Waals surface area contributed by atoms with Crippen LogP contribution in [0, 0.1) is 0 Å². The van der Waals surface area contributed by atoms with E-state index in [0.29, 0.717) is 34.7 Å². The molecule has 106 valence electrons. The molecule has 20 heavy (non-hydrogen) atoms. The minimum Gasteiger partial charge on any atom is -0.476 e. The lowest BCUT2D eigenvalue weighted by molar-refractivity contribution is 0.307. The number of nitrogens with one attached hydrogen (secondary N) is 1. The van der Waals surface area contributed by atoms with Gasteiger partial charge in [0.1, 0.15) is 12.0 Å². The zero-order valence-electron chi connectivity index (χ0n) is 10.9. The molecule has 1 heterocycles. The van der Waals surface area contributed by atoms with Gasteiger partial charge in [0.25, 0.3) is 0 Å². The van der Waals surface area contributed by atoms with Gasteiger partial charge in [0.15, 0.2) is 5.82 Å². The van der Waals surface area contributed by atoms with E-state index >= 15 is 0 Å². The number of hydrogen-bond acceptors (Lipinski definition) is 5. The molecule has 0 aliphatic carbocycles. The Morgan fingerprint density at radius 3 is 2.90 bits per heavy atom. The first-order chi connectivity index (χ1) is 9.61. The summed E-state index contributed by atoms with van der Waals surface area (Å²) in [5, 5.41) is 3.64. The summed E-state index contributed by atoms with van der Waals surface area (Å²) in [6.45, 7) is 2.57. The molecule has 0 bridgehead atoms. The molecule has 2 rings (SSSR count). The second-order valence-electron chi connectivity index (χ2n) is 4.04. The van der Waals surface area contributed by atoms with Crippen LogP contribution in [0.25, 0.3) is 0 Å². The van der Waals surface area contributed by atoms with Crippen LogP contribution >= 0.6 is 27.5 Å². The van der Waals surface area contributed by atoms with Gasteiger partial charge in [0, 0.05) is 4.47 Å². The van der Waals surface area contributed by atoms with Crippen molar-refractivity contribution in [1.82, 2.24) is 9.97 Å². The van der Waals surface area contributed by atoms with Crippen molar-refractivity contribution in [2.75, 3.05) is 17.7 Å². The van der Waals surface area contributed by atoms with Crippen molar-refractivity contribution in [3.05, 3.63) is 34.0 Å². The van der Waals surface area contributed by atoms with Gasteiger partial charge in [-0.25, -0.2) is 4.98 Å². The Labute approximate surface area is 130 Å². The zero-order valence-corrected chi connectivity index (χ0v) is 13.2. The fraction of sp³-hybridized carbons (Fsp3) is 0.231. The van der Waals surface area contributed by atoms with Crippen LogP contribution in [0.1, 0.15) is 13.3 Å². The predicted octanol–water partition coefficient (Wildman–Crippen LogP) is 4.01. The third kappa shape index (κ3) is 3.52. The van der Waals surface area contributed by atoms with E-state index in [-0.39, 0.29) is 0 Å². The quantitative estimate of drug-likeness (QED) is 0.846. The van der Waals surface area contributed by atoms with E-state index < -0.39 is 0 Å². The molecule has 3 N–H and O–H groups in total. The van der Waals surface area contributed by atoms with Crippen LogP contribution in [0.5, 0.6) is 5.88 Å². The van der Waals surface area contributed by atoms with Crippen molar-refractivity contribution in [3.8, 4) is 5.88 Å². The maximum Gasteiger partial charge on any atom is 0.242 e. The van der Waals surface area contributed by atoms with Crippen LogP contribution in [0.3, 0.4) is 0 Å². The highest BCUT2D eigenvalue weighted by molar-refractivity contribution is 9.10. The fourth-order valence-electron chi connectivity index (χ4n) is 1.51. The van der Waals surface area contributed by atoms with Crippen molar-refractivity contribution in [2.45, 2.75) is 13.3 Å². The van der Waals surface area contributed by atoms with Gasteiger partial charge >= 0.3 is 0 Å². The minimum atomic E-state index is 0.361. The van der Waals surface area contributed by atoms with Gasteiger partial charge in [0.2, 0.25) is 5.88 Å². The van der Waals surface area contributed by atoms with Crippen LogP contribution in [-0.4, -0.2) is 16.6 Å². The molecule has 0 unspecified atom stereocenters. The van der Waals surface area contributed by atoms with Gasteiger partial charge in [-0.1, -0.05) is 34.5 Å². The zero-order chi connectivity index (χ0) is 14.5. The number of benzene rings is 1. The molecule has 1 aromatic heterocycles. The number of nitrogen functional groups attached to an aromatic ring is 1. The lowest BCUT2D eigenvalue weighted by Crippen LogP contribution is -2.06. The Hall–Kier alpha value is -1.53. The van der Waals surface area contributed by atoms with Gasteiger partial charge in [-0.05, 0) is 24.6 Å². The summed E-state index contributed by atoms with van der Waals surface area (Å²) in [4.78, 5) is 8.12. The topological polar surface area (TPSA) is 73.1 Å². The summed E-state index contributed by atoms with van der Waals surface area (Å²) in [5.41, 5.74) is 7.06. The number of anilines is 3. The third-order valence-corrected chi connectivity index (χ3v) is 3.28. The van der Waals surface area contributed by atoms with Crippen molar-refractivity contribution >= 4 is 44.7 Å². The largest absolute Gasteiger partial charge is 0.476 e. The average Bonchev–Trinajstić information content (AvgIpc) is 2.42. The van der Waals surface area contributed by atoms with Crippen molar-refractivity contribution in [3.63, 3.8) is 0 Å². The Morgan fingerprint density at radius 2 is 2.20 bits per heavy atom. The molecular formula is C13H14BrClN4O. The molecule has 2 aromatic rings. The Balaban J connectivity index is 2.24. The van der Waals surface area contributed by atoms with Gasteiger partial charge in [0.05, 0.1) is 17.3 Å². The number of nitrogens with two attached hydrogens (primary N) is 1. The molecule has 0 aliphatic rings. The maximum atomic E-state index is 6.15. The normalized spacial score (nSPS) is 10.3. The number of halogens is 2. The average molecular weight is 358 g/mol. The summed E-state index contributed by atoms with van der Waals surface area (Å²) in [7, 11) is 0. The maximum absolute atomic E-state index is 6.15. The summed E-state index contributed by atoms with van der Waals surface area (Å²) >= 11 is 9.50. The molecule has 0 saturated carbocycles. The summed E-state index contributed by atoms with van der Waals surface area (Å²) < 4.78 is 6.36. The number of nitrogens with zero attached hydrogens (tertiary/aromatic N) is 2. The van der Waals surface area contributed by atoms with Crippen LogP contribution in [0.4, 0.5) is 17.2 Å². The lowest BCUT2D eigenvalue weighted by Gasteiger charge is -2.12. The van der Waals surface area contributed by atoms with E-state index in [1.807, 2.05) is 19.1 Å². The molecule has 0 saturated heterocycles. The first-order valence-electron chi connectivity index (χ1n) is 6.07. The molecule has 5 nitrogen and oxygen atoms in total. The Morgan fingerprint density at radius 1 is 1.40 bits per heavy atom. The first kappa shape index (κ1) is 14.9. The van der Waals surface area contributed by atoms with Gasteiger partial charge in [-0.2, -0.15) is 4.98 Å². The van der Waals surface area contributed by atoms with E-state index in [1.54, 1.807) is 6.07 Å². The van der Waals surface area contributed by atoms with Crippen molar-refractivity contribution in [2.24, 2.45) is 0 Å². The Bertz CT molecular complexity index is 609. The van der Waals surface area contributed by atoms with Crippen LogP contribution < -0.4 is 15.8 Å². The highest BCUT2D eigenvalue weighted by Gasteiger charge is 2.10. The fourth-order valence-corrected chi connectivity index (χ4v) is 2.23.